The molecule has 1 saturated heterocycles. The molecule has 4 nitrogen and oxygen atoms in total. The van der Waals surface area contributed by atoms with Gasteiger partial charge >= 0.3 is 0 Å². The summed E-state index contributed by atoms with van der Waals surface area (Å²) in [6, 6.07) is 0. The third-order valence-electron chi connectivity index (χ3n) is 4.18. The van der Waals surface area contributed by atoms with Crippen molar-refractivity contribution in [2.24, 2.45) is 0 Å². The summed E-state index contributed by atoms with van der Waals surface area (Å²) in [4.78, 5) is 11.5. The van der Waals surface area contributed by atoms with Gasteiger partial charge in [-0.25, -0.2) is 9.97 Å². The molecule has 0 bridgehead atoms. The van der Waals surface area contributed by atoms with Gasteiger partial charge in [-0.15, -0.1) is 0 Å². The number of piperidine rings is 1. The Bertz CT molecular complexity index is 527. The monoisotopic (exact) mass is 311 g/mol. The minimum absolute atomic E-state index is 0.119. The molecule has 21 heavy (non-hydrogen) atoms. The fourth-order valence-corrected chi connectivity index (χ4v) is 2.84. The van der Waals surface area contributed by atoms with Gasteiger partial charge in [0, 0.05) is 31.2 Å². The summed E-state index contributed by atoms with van der Waals surface area (Å²) in [5.41, 5.74) is 0.709. The van der Waals surface area contributed by atoms with Crippen molar-refractivity contribution >= 4 is 17.4 Å². The van der Waals surface area contributed by atoms with Gasteiger partial charge in [-0.1, -0.05) is 32.4 Å². The van der Waals surface area contributed by atoms with Crippen LogP contribution in [-0.2, 0) is 10.2 Å². The lowest BCUT2D eigenvalue weighted by Crippen LogP contribution is -2.48. The number of aromatic nitrogens is 2. The molecule has 1 aliphatic heterocycles. The average molecular weight is 312 g/mol. The summed E-state index contributed by atoms with van der Waals surface area (Å²) in [5, 5.41) is 0.551. The summed E-state index contributed by atoms with van der Waals surface area (Å²) < 4.78 is 5.68. The van der Waals surface area contributed by atoms with Crippen molar-refractivity contribution in [3.63, 3.8) is 0 Å². The predicted octanol–water partition coefficient (Wildman–Crippen LogP) is 3.74. The number of hydrogen-bond donors (Lipinski definition) is 0. The summed E-state index contributed by atoms with van der Waals surface area (Å²) in [5.74, 6) is 1.74. The van der Waals surface area contributed by atoms with Gasteiger partial charge in [0.2, 0.25) is 0 Å². The van der Waals surface area contributed by atoms with E-state index in [2.05, 4.69) is 37.6 Å². The SMILES string of the molecule is COC1(C)CCCN(c2nc(C(C)(C)C)nc(Cl)c2C)C1. The van der Waals surface area contributed by atoms with Gasteiger partial charge in [0.15, 0.2) is 0 Å². The van der Waals surface area contributed by atoms with E-state index in [9.17, 15) is 0 Å². The van der Waals surface area contributed by atoms with E-state index in [1.165, 1.54) is 0 Å². The molecule has 5 heteroatoms. The van der Waals surface area contributed by atoms with Crippen molar-refractivity contribution in [1.82, 2.24) is 9.97 Å². The normalized spacial score (nSPS) is 23.5. The Morgan fingerprint density at radius 2 is 1.95 bits per heavy atom. The topological polar surface area (TPSA) is 38.2 Å². The lowest BCUT2D eigenvalue weighted by Gasteiger charge is -2.40. The van der Waals surface area contributed by atoms with Crippen LogP contribution < -0.4 is 4.90 Å². The number of methoxy groups -OCH3 is 1. The molecule has 0 aliphatic carbocycles. The highest BCUT2D eigenvalue weighted by atomic mass is 35.5. The molecule has 0 spiro atoms. The fraction of sp³-hybridized carbons (Fsp3) is 0.750. The van der Waals surface area contributed by atoms with Crippen LogP contribution in [0.1, 0.15) is 51.9 Å². The second-order valence-corrected chi connectivity index (χ2v) is 7.57. The Morgan fingerprint density at radius 3 is 2.52 bits per heavy atom. The van der Waals surface area contributed by atoms with Crippen molar-refractivity contribution in [1.29, 1.82) is 0 Å². The van der Waals surface area contributed by atoms with Gasteiger partial charge < -0.3 is 9.64 Å². The zero-order valence-corrected chi connectivity index (χ0v) is 14.7. The van der Waals surface area contributed by atoms with Crippen LogP contribution in [-0.4, -0.2) is 35.8 Å². The number of nitrogens with zero attached hydrogens (tertiary/aromatic N) is 3. The van der Waals surface area contributed by atoms with Crippen molar-refractivity contribution in [2.75, 3.05) is 25.1 Å². The lowest BCUT2D eigenvalue weighted by molar-refractivity contribution is -0.00485. The zero-order chi connectivity index (χ0) is 15.8. The fourth-order valence-electron chi connectivity index (χ4n) is 2.67. The first-order chi connectivity index (χ1) is 9.66. The van der Waals surface area contributed by atoms with E-state index in [1.807, 2.05) is 6.92 Å². The van der Waals surface area contributed by atoms with E-state index in [0.29, 0.717) is 5.15 Å². The maximum atomic E-state index is 6.34. The largest absolute Gasteiger partial charge is 0.377 e. The van der Waals surface area contributed by atoms with Gasteiger partial charge in [0.25, 0.3) is 0 Å². The van der Waals surface area contributed by atoms with Crippen LogP contribution in [0.3, 0.4) is 0 Å². The van der Waals surface area contributed by atoms with E-state index in [4.69, 9.17) is 21.3 Å². The standard InChI is InChI=1S/C16H26ClN3O/c1-11-12(17)18-14(15(2,3)4)19-13(11)20-9-7-8-16(5,10-20)21-6/h7-10H2,1-6H3. The van der Waals surface area contributed by atoms with Crippen LogP contribution in [0.2, 0.25) is 5.15 Å². The first-order valence-electron chi connectivity index (χ1n) is 7.51. The molecule has 0 radical (unpaired) electrons. The molecule has 1 unspecified atom stereocenters. The summed E-state index contributed by atoms with van der Waals surface area (Å²) in [6.07, 6.45) is 2.17. The number of rotatable bonds is 2. The quantitative estimate of drug-likeness (QED) is 0.780. The van der Waals surface area contributed by atoms with Crippen molar-refractivity contribution in [3.8, 4) is 0 Å². The molecular formula is C16H26ClN3O. The maximum Gasteiger partial charge on any atom is 0.137 e. The number of anilines is 1. The van der Waals surface area contributed by atoms with Crippen LogP contribution in [0.25, 0.3) is 0 Å². The summed E-state index contributed by atoms with van der Waals surface area (Å²) in [7, 11) is 1.78. The zero-order valence-electron chi connectivity index (χ0n) is 14.0. The highest BCUT2D eigenvalue weighted by Crippen LogP contribution is 2.32. The molecular weight excluding hydrogens is 286 g/mol. The molecule has 1 aliphatic rings. The van der Waals surface area contributed by atoms with E-state index in [0.717, 1.165) is 43.1 Å². The Hall–Kier alpha value is -0.870. The predicted molar refractivity (Wildman–Crippen MR) is 87.3 cm³/mol. The van der Waals surface area contributed by atoms with Gasteiger partial charge in [-0.3, -0.25) is 0 Å². The van der Waals surface area contributed by atoms with Gasteiger partial charge in [0.1, 0.15) is 16.8 Å². The lowest BCUT2D eigenvalue weighted by atomic mass is 9.94. The van der Waals surface area contributed by atoms with E-state index >= 15 is 0 Å². The van der Waals surface area contributed by atoms with E-state index in [-0.39, 0.29) is 11.0 Å². The molecule has 1 atom stereocenters. The second-order valence-electron chi connectivity index (χ2n) is 7.22. The first kappa shape index (κ1) is 16.5. The Kier molecular flexibility index (Phi) is 4.50. The van der Waals surface area contributed by atoms with Crippen molar-refractivity contribution in [3.05, 3.63) is 16.5 Å². The smallest absolute Gasteiger partial charge is 0.137 e. The number of halogens is 1. The van der Waals surface area contributed by atoms with Crippen LogP contribution >= 0.6 is 11.6 Å². The molecule has 0 saturated carbocycles. The molecule has 0 aromatic carbocycles. The molecule has 1 aromatic rings. The Balaban J connectivity index is 2.41. The highest BCUT2D eigenvalue weighted by molar-refractivity contribution is 6.30. The van der Waals surface area contributed by atoms with Gasteiger partial charge in [-0.2, -0.15) is 0 Å². The third kappa shape index (κ3) is 3.49. The van der Waals surface area contributed by atoms with Crippen LogP contribution in [0, 0.1) is 6.92 Å². The minimum atomic E-state index is -0.121. The number of hydrogen-bond acceptors (Lipinski definition) is 4. The highest BCUT2D eigenvalue weighted by Gasteiger charge is 2.33. The Labute approximate surface area is 132 Å². The van der Waals surface area contributed by atoms with Gasteiger partial charge in [0.05, 0.1) is 5.60 Å². The van der Waals surface area contributed by atoms with Crippen molar-refractivity contribution < 1.29 is 4.74 Å². The number of ether oxygens (including phenoxy) is 1. The van der Waals surface area contributed by atoms with Crippen LogP contribution in [0.5, 0.6) is 0 Å². The molecule has 0 amide bonds. The first-order valence-corrected chi connectivity index (χ1v) is 7.89. The van der Waals surface area contributed by atoms with Crippen molar-refractivity contribution in [2.45, 2.75) is 58.5 Å². The summed E-state index contributed by atoms with van der Waals surface area (Å²) in [6.45, 7) is 12.3. The second kappa shape index (κ2) is 5.73. The molecule has 2 rings (SSSR count). The molecule has 2 heterocycles. The van der Waals surface area contributed by atoms with Crippen LogP contribution in [0.4, 0.5) is 5.82 Å². The summed E-state index contributed by atoms with van der Waals surface area (Å²) >= 11 is 6.34. The molecule has 1 fully saturated rings. The van der Waals surface area contributed by atoms with E-state index in [1.54, 1.807) is 7.11 Å². The van der Waals surface area contributed by atoms with Gasteiger partial charge in [-0.05, 0) is 26.7 Å². The minimum Gasteiger partial charge on any atom is -0.377 e. The molecule has 118 valence electrons. The van der Waals surface area contributed by atoms with E-state index < -0.39 is 0 Å². The molecule has 0 N–H and O–H groups in total. The third-order valence-corrected chi connectivity index (χ3v) is 4.55. The maximum absolute atomic E-state index is 6.34. The molecule has 1 aromatic heterocycles. The average Bonchev–Trinajstić information content (AvgIpc) is 2.40. The Morgan fingerprint density at radius 1 is 1.29 bits per heavy atom. The van der Waals surface area contributed by atoms with Crippen LogP contribution in [0.15, 0.2) is 0 Å².